The quantitative estimate of drug-likeness (QED) is 0.243. The largest absolute Gasteiger partial charge is 0.495 e. The molecule has 3 N–H and O–H groups in total. The van der Waals surface area contributed by atoms with Gasteiger partial charge < -0.3 is 35.2 Å². The first-order chi connectivity index (χ1) is 18.3. The zero-order valence-electron chi connectivity index (χ0n) is 22.3. The number of carbonyl (C=O) groups is 1. The second-order valence-electron chi connectivity index (χ2n) is 8.59. The van der Waals surface area contributed by atoms with E-state index in [-0.39, 0.29) is 5.91 Å². The van der Waals surface area contributed by atoms with Gasteiger partial charge in [0.1, 0.15) is 29.5 Å². The summed E-state index contributed by atoms with van der Waals surface area (Å²) >= 11 is 0. The van der Waals surface area contributed by atoms with Crippen molar-refractivity contribution in [3.8, 4) is 23.8 Å². The minimum absolute atomic E-state index is 0.317. The first kappa shape index (κ1) is 27.8. The molecule has 0 aliphatic heterocycles. The van der Waals surface area contributed by atoms with Crippen molar-refractivity contribution in [3.63, 3.8) is 0 Å². The van der Waals surface area contributed by atoms with Crippen LogP contribution in [0.3, 0.4) is 0 Å². The summed E-state index contributed by atoms with van der Waals surface area (Å²) in [5.41, 5.74) is 3.39. The summed E-state index contributed by atoms with van der Waals surface area (Å²) in [5.74, 6) is 4.56. The third-order valence-electron chi connectivity index (χ3n) is 5.61. The number of terminal acetylenes is 1. The molecule has 38 heavy (non-hydrogen) atoms. The highest BCUT2D eigenvalue weighted by Crippen LogP contribution is 2.38. The molecule has 0 spiro atoms. The van der Waals surface area contributed by atoms with Gasteiger partial charge in [-0.05, 0) is 44.4 Å². The smallest absolute Gasteiger partial charge is 0.247 e. The van der Waals surface area contributed by atoms with Gasteiger partial charge in [-0.3, -0.25) is 4.79 Å². The van der Waals surface area contributed by atoms with E-state index < -0.39 is 0 Å². The number of methoxy groups -OCH3 is 2. The molecule has 0 bridgehead atoms. The fourth-order valence-electron chi connectivity index (χ4n) is 3.58. The van der Waals surface area contributed by atoms with Gasteiger partial charge in [-0.15, -0.1) is 6.42 Å². The first-order valence-corrected chi connectivity index (χ1v) is 11.8. The van der Waals surface area contributed by atoms with E-state index in [1.54, 1.807) is 38.5 Å². The first-order valence-electron chi connectivity index (χ1n) is 11.8. The number of benzene rings is 2. The number of anilines is 6. The Hall–Kier alpha value is -4.75. The second-order valence-corrected chi connectivity index (χ2v) is 8.59. The van der Waals surface area contributed by atoms with Crippen LogP contribution in [0.1, 0.15) is 5.56 Å². The summed E-state index contributed by atoms with van der Waals surface area (Å²) in [7, 11) is 9.14. The molecule has 0 saturated heterocycles. The molecule has 0 fully saturated rings. The minimum Gasteiger partial charge on any atom is -0.495 e. The molecule has 10 heteroatoms. The number of amides is 1. The van der Waals surface area contributed by atoms with Crippen LogP contribution in [0.5, 0.6) is 11.5 Å². The van der Waals surface area contributed by atoms with Crippen molar-refractivity contribution in [3.05, 3.63) is 60.9 Å². The lowest BCUT2D eigenvalue weighted by Crippen LogP contribution is -2.29. The number of hydrogen-bond donors (Lipinski definition) is 3. The number of hydrogen-bond acceptors (Lipinski definition) is 9. The summed E-state index contributed by atoms with van der Waals surface area (Å²) in [5, 5.41) is 9.38. The molecule has 1 aromatic heterocycles. The number of carbonyl (C=O) groups excluding carboxylic acids is 1. The summed E-state index contributed by atoms with van der Waals surface area (Å²) in [4.78, 5) is 25.0. The fraction of sp³-hybridized carbons (Fsp3) is 0.250. The Morgan fingerprint density at radius 2 is 1.71 bits per heavy atom. The number of likely N-dealkylation sites (N-methyl/N-ethyl adjacent to an activating group) is 2. The van der Waals surface area contributed by atoms with Crippen LogP contribution in [-0.4, -0.2) is 69.2 Å². The standard InChI is InChI=1S/C28H33N7O3/c1-8-19-14-20(10-11-24(19)37-6)31-26-17-27(30-18-29-26)32-22-15-21(33-28(36)9-2)23(16-25(22)38-7)35(5)13-12-34(3)4/h1,9-11,14-18H,2,12-13H2,3-7H3,(H,33,36)(H2,29,30,31,32). The molecule has 3 rings (SSSR count). The maximum Gasteiger partial charge on any atom is 0.247 e. The molecule has 0 radical (unpaired) electrons. The lowest BCUT2D eigenvalue weighted by atomic mass is 10.2. The molecule has 2 aromatic carbocycles. The molecular formula is C28H33N7O3. The minimum atomic E-state index is -0.317. The molecule has 1 amide bonds. The Kier molecular flexibility index (Phi) is 9.51. The van der Waals surface area contributed by atoms with E-state index in [0.717, 1.165) is 24.5 Å². The Bertz CT molecular complexity index is 1330. The van der Waals surface area contributed by atoms with E-state index in [9.17, 15) is 4.79 Å². The van der Waals surface area contributed by atoms with Crippen molar-refractivity contribution in [2.75, 3.05) is 69.3 Å². The van der Waals surface area contributed by atoms with Gasteiger partial charge in [-0.25, -0.2) is 9.97 Å². The zero-order chi connectivity index (χ0) is 27.7. The van der Waals surface area contributed by atoms with Gasteiger partial charge in [-0.1, -0.05) is 12.5 Å². The van der Waals surface area contributed by atoms with Crippen molar-refractivity contribution in [1.82, 2.24) is 14.9 Å². The Morgan fingerprint density at radius 3 is 2.34 bits per heavy atom. The average molecular weight is 516 g/mol. The summed E-state index contributed by atoms with van der Waals surface area (Å²) in [6.45, 7) is 5.14. The maximum absolute atomic E-state index is 12.2. The highest BCUT2D eigenvalue weighted by atomic mass is 16.5. The van der Waals surface area contributed by atoms with E-state index in [1.165, 1.54) is 12.4 Å². The number of rotatable bonds is 12. The third-order valence-corrected chi connectivity index (χ3v) is 5.61. The fourth-order valence-corrected chi connectivity index (χ4v) is 3.58. The Morgan fingerprint density at radius 1 is 1.00 bits per heavy atom. The van der Waals surface area contributed by atoms with Gasteiger partial charge in [0, 0.05) is 38.0 Å². The van der Waals surface area contributed by atoms with E-state index in [0.29, 0.717) is 40.1 Å². The highest BCUT2D eigenvalue weighted by molar-refractivity contribution is 6.02. The molecule has 0 aliphatic rings. The Labute approximate surface area is 223 Å². The van der Waals surface area contributed by atoms with Crippen LogP contribution in [0.2, 0.25) is 0 Å². The molecule has 3 aromatic rings. The Balaban J connectivity index is 1.91. The van der Waals surface area contributed by atoms with E-state index in [4.69, 9.17) is 15.9 Å². The molecule has 198 valence electrons. The van der Waals surface area contributed by atoms with Gasteiger partial charge in [-0.2, -0.15) is 0 Å². The van der Waals surface area contributed by atoms with E-state index >= 15 is 0 Å². The predicted octanol–water partition coefficient (Wildman–Crippen LogP) is 4.08. The number of nitrogens with zero attached hydrogens (tertiary/aromatic N) is 4. The zero-order valence-corrected chi connectivity index (χ0v) is 22.3. The van der Waals surface area contributed by atoms with Gasteiger partial charge in [0.05, 0.1) is 36.8 Å². The molecule has 10 nitrogen and oxygen atoms in total. The van der Waals surface area contributed by atoms with Crippen molar-refractivity contribution in [2.24, 2.45) is 0 Å². The maximum atomic E-state index is 12.2. The van der Waals surface area contributed by atoms with Crippen molar-refractivity contribution >= 4 is 40.3 Å². The van der Waals surface area contributed by atoms with Gasteiger partial charge in [0.2, 0.25) is 5.91 Å². The van der Waals surface area contributed by atoms with Crippen LogP contribution in [0.25, 0.3) is 0 Å². The third kappa shape index (κ3) is 7.15. The van der Waals surface area contributed by atoms with Crippen LogP contribution in [0, 0.1) is 12.3 Å². The molecular weight excluding hydrogens is 482 g/mol. The van der Waals surface area contributed by atoms with Crippen LogP contribution in [-0.2, 0) is 4.79 Å². The van der Waals surface area contributed by atoms with Crippen molar-refractivity contribution in [2.45, 2.75) is 0 Å². The molecule has 0 aliphatic carbocycles. The molecule has 0 saturated carbocycles. The van der Waals surface area contributed by atoms with Gasteiger partial charge in [0.15, 0.2) is 0 Å². The summed E-state index contributed by atoms with van der Waals surface area (Å²) in [6, 6.07) is 10.9. The van der Waals surface area contributed by atoms with Crippen molar-refractivity contribution in [1.29, 1.82) is 0 Å². The predicted molar refractivity (Wildman–Crippen MR) is 153 cm³/mol. The topological polar surface area (TPSA) is 104 Å². The van der Waals surface area contributed by atoms with Crippen LogP contribution < -0.4 is 30.3 Å². The second kappa shape index (κ2) is 13.0. The van der Waals surface area contributed by atoms with E-state index in [2.05, 4.69) is 48.2 Å². The monoisotopic (exact) mass is 515 g/mol. The highest BCUT2D eigenvalue weighted by Gasteiger charge is 2.16. The molecule has 1 heterocycles. The van der Waals surface area contributed by atoms with Crippen molar-refractivity contribution < 1.29 is 14.3 Å². The number of nitrogens with one attached hydrogen (secondary N) is 3. The molecule has 0 unspecified atom stereocenters. The average Bonchev–Trinajstić information content (AvgIpc) is 2.91. The summed E-state index contributed by atoms with van der Waals surface area (Å²) < 4.78 is 11.0. The van der Waals surface area contributed by atoms with Gasteiger partial charge >= 0.3 is 0 Å². The SMILES string of the molecule is C#Cc1cc(Nc2cc(Nc3cc(NC(=O)C=C)c(N(C)CCN(C)C)cc3OC)ncn2)ccc1OC. The van der Waals surface area contributed by atoms with Crippen LogP contribution in [0.15, 0.2) is 55.4 Å². The summed E-state index contributed by atoms with van der Waals surface area (Å²) in [6.07, 6.45) is 8.26. The van der Waals surface area contributed by atoms with Gasteiger partial charge in [0.25, 0.3) is 0 Å². The lowest BCUT2D eigenvalue weighted by Gasteiger charge is -2.26. The lowest BCUT2D eigenvalue weighted by molar-refractivity contribution is -0.111. The van der Waals surface area contributed by atoms with Crippen LogP contribution in [0.4, 0.5) is 34.4 Å². The van der Waals surface area contributed by atoms with E-state index in [1.807, 2.05) is 33.3 Å². The normalized spacial score (nSPS) is 10.3. The number of ether oxygens (including phenoxy) is 2. The molecule has 0 atom stereocenters. The number of aromatic nitrogens is 2. The van der Waals surface area contributed by atoms with Crippen LogP contribution >= 0.6 is 0 Å².